The molecule has 0 aliphatic carbocycles. The van der Waals surface area contributed by atoms with Crippen molar-refractivity contribution in [1.29, 1.82) is 0 Å². The highest BCUT2D eigenvalue weighted by Crippen LogP contribution is 2.37. The minimum atomic E-state index is -4.83. The Kier molecular flexibility index (Phi) is 5.59. The van der Waals surface area contributed by atoms with Gasteiger partial charge in [0.25, 0.3) is 5.91 Å². The molecule has 28 heavy (non-hydrogen) atoms. The van der Waals surface area contributed by atoms with E-state index in [1.165, 1.54) is 30.3 Å². The molecule has 0 spiro atoms. The molecule has 5 nitrogen and oxygen atoms in total. The lowest BCUT2D eigenvalue weighted by Gasteiger charge is -2.31. The maximum absolute atomic E-state index is 13.6. The summed E-state index contributed by atoms with van der Waals surface area (Å²) in [5, 5.41) is 2.38. The second-order valence-electron chi connectivity index (χ2n) is 5.95. The Morgan fingerprint density at radius 1 is 1.25 bits per heavy atom. The van der Waals surface area contributed by atoms with E-state index in [2.05, 4.69) is 21.2 Å². The second kappa shape index (κ2) is 7.78. The van der Waals surface area contributed by atoms with Gasteiger partial charge in [-0.15, -0.1) is 0 Å². The molecule has 0 saturated heterocycles. The topological polar surface area (TPSA) is 58.6 Å². The number of carbonyl (C=O) groups is 2. The molecule has 0 bridgehead atoms. The zero-order valence-corrected chi connectivity index (χ0v) is 15.7. The Balaban J connectivity index is 1.92. The number of benzene rings is 2. The third-order valence-electron chi connectivity index (χ3n) is 4.02. The van der Waals surface area contributed by atoms with Gasteiger partial charge in [-0.2, -0.15) is 13.2 Å². The van der Waals surface area contributed by atoms with E-state index < -0.39 is 42.9 Å². The molecule has 1 N–H and O–H groups in total. The summed E-state index contributed by atoms with van der Waals surface area (Å²) in [6.07, 6.45) is -5.77. The molecule has 3 rings (SSSR count). The van der Waals surface area contributed by atoms with Crippen LogP contribution in [0.1, 0.15) is 6.42 Å². The van der Waals surface area contributed by atoms with E-state index in [0.717, 1.165) is 12.1 Å². The number of nitrogens with one attached hydrogen (secondary N) is 1. The molecule has 2 aromatic carbocycles. The SMILES string of the molecule is O=C1CC(C(F)(F)F)N(C(=O)COc2ccc(F)cc2Br)c2ccccc2N1. The number of para-hydroxylation sites is 2. The van der Waals surface area contributed by atoms with Crippen LogP contribution >= 0.6 is 15.9 Å². The van der Waals surface area contributed by atoms with Gasteiger partial charge in [0, 0.05) is 0 Å². The van der Waals surface area contributed by atoms with Crippen LogP contribution in [0.4, 0.5) is 28.9 Å². The first-order valence-corrected chi connectivity index (χ1v) is 8.81. The van der Waals surface area contributed by atoms with Crippen LogP contribution in [0.5, 0.6) is 5.75 Å². The highest BCUT2D eigenvalue weighted by molar-refractivity contribution is 9.10. The number of anilines is 2. The normalized spacial score (nSPS) is 16.8. The van der Waals surface area contributed by atoms with Crippen LogP contribution in [-0.4, -0.2) is 30.6 Å². The number of alkyl halides is 3. The van der Waals surface area contributed by atoms with Crippen molar-refractivity contribution in [1.82, 2.24) is 0 Å². The van der Waals surface area contributed by atoms with Gasteiger partial charge in [0.1, 0.15) is 17.6 Å². The van der Waals surface area contributed by atoms with Crippen molar-refractivity contribution in [2.24, 2.45) is 0 Å². The predicted molar refractivity (Wildman–Crippen MR) is 96.6 cm³/mol. The van der Waals surface area contributed by atoms with E-state index in [1.807, 2.05) is 0 Å². The van der Waals surface area contributed by atoms with Gasteiger partial charge in [-0.3, -0.25) is 14.5 Å². The van der Waals surface area contributed by atoms with Crippen molar-refractivity contribution in [3.05, 3.63) is 52.8 Å². The Bertz CT molecular complexity index is 920. The molecule has 2 aromatic rings. The number of amides is 2. The van der Waals surface area contributed by atoms with Gasteiger partial charge >= 0.3 is 6.18 Å². The molecule has 1 aliphatic heterocycles. The van der Waals surface area contributed by atoms with E-state index in [4.69, 9.17) is 4.74 Å². The van der Waals surface area contributed by atoms with Crippen molar-refractivity contribution in [2.45, 2.75) is 18.6 Å². The molecule has 0 radical (unpaired) electrons. The summed E-state index contributed by atoms with van der Waals surface area (Å²) >= 11 is 3.06. The highest BCUT2D eigenvalue weighted by atomic mass is 79.9. The van der Waals surface area contributed by atoms with Gasteiger partial charge in [-0.1, -0.05) is 12.1 Å². The Labute approximate surface area is 165 Å². The molecule has 2 amide bonds. The average molecular weight is 461 g/mol. The maximum Gasteiger partial charge on any atom is 0.409 e. The number of hydrogen-bond acceptors (Lipinski definition) is 3. The van der Waals surface area contributed by atoms with Gasteiger partial charge in [-0.05, 0) is 46.3 Å². The second-order valence-corrected chi connectivity index (χ2v) is 6.81. The zero-order valence-electron chi connectivity index (χ0n) is 14.1. The number of hydrogen-bond donors (Lipinski definition) is 1. The largest absolute Gasteiger partial charge is 0.483 e. The summed E-state index contributed by atoms with van der Waals surface area (Å²) in [7, 11) is 0. The van der Waals surface area contributed by atoms with Gasteiger partial charge in [-0.25, -0.2) is 4.39 Å². The fourth-order valence-electron chi connectivity index (χ4n) is 2.80. The molecule has 10 heteroatoms. The number of rotatable bonds is 3. The average Bonchev–Trinajstić information content (AvgIpc) is 2.76. The number of carbonyl (C=O) groups excluding carboxylic acids is 2. The van der Waals surface area contributed by atoms with E-state index in [-0.39, 0.29) is 21.6 Å². The lowest BCUT2D eigenvalue weighted by Crippen LogP contribution is -2.51. The van der Waals surface area contributed by atoms with Crippen molar-refractivity contribution in [3.63, 3.8) is 0 Å². The van der Waals surface area contributed by atoms with Crippen LogP contribution in [-0.2, 0) is 9.59 Å². The van der Waals surface area contributed by atoms with Crippen LogP contribution < -0.4 is 15.0 Å². The molecule has 0 fully saturated rings. The van der Waals surface area contributed by atoms with E-state index in [1.54, 1.807) is 0 Å². The summed E-state index contributed by atoms with van der Waals surface area (Å²) in [6, 6.07) is 6.80. The van der Waals surface area contributed by atoms with Gasteiger partial charge in [0.2, 0.25) is 5.91 Å². The van der Waals surface area contributed by atoms with E-state index in [9.17, 15) is 27.2 Å². The quantitative estimate of drug-likeness (QED) is 0.695. The highest BCUT2D eigenvalue weighted by Gasteiger charge is 2.49. The van der Waals surface area contributed by atoms with Crippen LogP contribution in [0, 0.1) is 5.82 Å². The molecular weight excluding hydrogens is 448 g/mol. The van der Waals surface area contributed by atoms with Gasteiger partial charge in [0.15, 0.2) is 6.61 Å². The third-order valence-corrected chi connectivity index (χ3v) is 4.64. The standard InChI is InChI=1S/C18H13BrF4N2O3/c19-11-7-10(20)5-6-14(11)28-9-17(27)25-13-4-2-1-3-12(13)24-16(26)8-15(25)18(21,22)23/h1-7,15H,8-9H2,(H,24,26). The summed E-state index contributed by atoms with van der Waals surface area (Å²) < 4.78 is 59.4. The van der Waals surface area contributed by atoms with Crippen LogP contribution in [0.25, 0.3) is 0 Å². The number of fused-ring (bicyclic) bond motifs is 1. The molecular formula is C18H13BrF4N2O3. The fraction of sp³-hybridized carbons (Fsp3) is 0.222. The summed E-state index contributed by atoms with van der Waals surface area (Å²) in [6.45, 7) is -0.737. The van der Waals surface area contributed by atoms with Crippen molar-refractivity contribution in [2.75, 3.05) is 16.8 Å². The number of halogens is 5. The summed E-state index contributed by atoms with van der Waals surface area (Å²) in [5.74, 6) is -2.31. The lowest BCUT2D eigenvalue weighted by atomic mass is 10.1. The van der Waals surface area contributed by atoms with E-state index in [0.29, 0.717) is 4.90 Å². The third kappa shape index (κ3) is 4.27. The van der Waals surface area contributed by atoms with Crippen molar-refractivity contribution in [3.8, 4) is 5.75 Å². The first-order chi connectivity index (χ1) is 13.2. The Morgan fingerprint density at radius 3 is 2.64 bits per heavy atom. The summed E-state index contributed by atoms with van der Waals surface area (Å²) in [5.41, 5.74) is 0.0120. The summed E-state index contributed by atoms with van der Waals surface area (Å²) in [4.78, 5) is 25.1. The van der Waals surface area contributed by atoms with Gasteiger partial charge < -0.3 is 10.1 Å². The first kappa shape index (κ1) is 20.1. The maximum atomic E-state index is 13.6. The van der Waals surface area contributed by atoms with Crippen LogP contribution in [0.2, 0.25) is 0 Å². The number of ether oxygens (including phenoxy) is 1. The Morgan fingerprint density at radius 2 is 1.96 bits per heavy atom. The van der Waals surface area contributed by atoms with Crippen molar-refractivity contribution < 1.29 is 31.9 Å². The predicted octanol–water partition coefficient (Wildman–Crippen LogP) is 4.27. The van der Waals surface area contributed by atoms with Gasteiger partial charge in [0.05, 0.1) is 22.3 Å². The molecule has 1 heterocycles. The molecule has 1 atom stereocenters. The molecule has 148 valence electrons. The smallest absolute Gasteiger partial charge is 0.409 e. The van der Waals surface area contributed by atoms with Crippen LogP contribution in [0.3, 0.4) is 0 Å². The fourth-order valence-corrected chi connectivity index (χ4v) is 3.26. The molecule has 0 saturated carbocycles. The zero-order chi connectivity index (χ0) is 20.5. The Hall–Kier alpha value is -2.62. The van der Waals surface area contributed by atoms with Crippen molar-refractivity contribution >= 4 is 39.1 Å². The molecule has 0 aromatic heterocycles. The lowest BCUT2D eigenvalue weighted by molar-refractivity contribution is -0.158. The van der Waals surface area contributed by atoms with E-state index >= 15 is 0 Å². The molecule has 1 aliphatic rings. The monoisotopic (exact) mass is 460 g/mol. The number of nitrogens with zero attached hydrogens (tertiary/aromatic N) is 1. The first-order valence-electron chi connectivity index (χ1n) is 8.02. The molecule has 1 unspecified atom stereocenters. The minimum absolute atomic E-state index is 0.0811. The van der Waals surface area contributed by atoms with Crippen LogP contribution in [0.15, 0.2) is 46.9 Å². The minimum Gasteiger partial charge on any atom is -0.483 e.